The summed E-state index contributed by atoms with van der Waals surface area (Å²) >= 11 is 0. The minimum Gasteiger partial charge on any atom is -0.476 e. The third-order valence-corrected chi connectivity index (χ3v) is 2.34. The lowest BCUT2D eigenvalue weighted by Gasteiger charge is -2.03. The summed E-state index contributed by atoms with van der Waals surface area (Å²) in [6.07, 6.45) is 2.65. The van der Waals surface area contributed by atoms with Crippen LogP contribution in [0.5, 0.6) is 0 Å². The van der Waals surface area contributed by atoms with Crippen molar-refractivity contribution in [1.29, 1.82) is 0 Å². The predicted octanol–water partition coefficient (Wildman–Crippen LogP) is 0.563. The molecule has 0 aliphatic heterocycles. The molecule has 7 nitrogen and oxygen atoms in total. The maximum atomic E-state index is 10.6. The summed E-state index contributed by atoms with van der Waals surface area (Å²) in [5, 5.41) is 23.3. The Kier molecular flexibility index (Phi) is 3.52. The number of carboxylic acids is 1. The fourth-order valence-electron chi connectivity index (χ4n) is 1.46. The molecular formula is C11H13N5O2. The van der Waals surface area contributed by atoms with Gasteiger partial charge in [0.25, 0.3) is 0 Å². The van der Waals surface area contributed by atoms with Crippen LogP contribution in [0.25, 0.3) is 0 Å². The molecular weight excluding hydrogens is 234 g/mol. The van der Waals surface area contributed by atoms with Gasteiger partial charge in [-0.25, -0.2) is 4.79 Å². The number of aromatic carboxylic acids is 1. The minimum absolute atomic E-state index is 0.0646. The summed E-state index contributed by atoms with van der Waals surface area (Å²) in [4.78, 5) is 10.6. The van der Waals surface area contributed by atoms with Gasteiger partial charge in [-0.1, -0.05) is 0 Å². The van der Waals surface area contributed by atoms with Crippen LogP contribution < -0.4 is 5.32 Å². The lowest BCUT2D eigenvalue weighted by molar-refractivity contribution is 0.0689. The summed E-state index contributed by atoms with van der Waals surface area (Å²) in [7, 11) is 1.87. The van der Waals surface area contributed by atoms with Crippen LogP contribution in [0.4, 0.5) is 5.82 Å². The minimum atomic E-state index is -1.08. The summed E-state index contributed by atoms with van der Waals surface area (Å²) in [6, 6.07) is 4.95. The number of hydrogen-bond acceptors (Lipinski definition) is 5. The van der Waals surface area contributed by atoms with Gasteiger partial charge in [-0.05, 0) is 18.2 Å². The van der Waals surface area contributed by atoms with E-state index in [0.717, 1.165) is 12.1 Å². The molecule has 0 aliphatic carbocycles. The molecule has 0 saturated heterocycles. The standard InChI is InChI=1S/C11H13N5O2/c1-16-7-5-8(15-16)4-6-12-10-3-2-9(11(17)18)13-14-10/h2-3,5,7H,4,6H2,1H3,(H,12,14)(H,17,18). The van der Waals surface area contributed by atoms with Crippen molar-refractivity contribution in [3.63, 3.8) is 0 Å². The zero-order chi connectivity index (χ0) is 13.0. The summed E-state index contributed by atoms with van der Waals surface area (Å²) in [5.41, 5.74) is 0.922. The highest BCUT2D eigenvalue weighted by Crippen LogP contribution is 2.03. The molecule has 18 heavy (non-hydrogen) atoms. The smallest absolute Gasteiger partial charge is 0.356 e. The van der Waals surface area contributed by atoms with Gasteiger partial charge in [-0.2, -0.15) is 5.10 Å². The zero-order valence-corrected chi connectivity index (χ0v) is 9.87. The number of aromatic nitrogens is 4. The summed E-state index contributed by atoms with van der Waals surface area (Å²) < 4.78 is 1.75. The van der Waals surface area contributed by atoms with Crippen molar-refractivity contribution in [2.45, 2.75) is 6.42 Å². The monoisotopic (exact) mass is 247 g/mol. The van der Waals surface area contributed by atoms with Crippen molar-refractivity contribution in [3.05, 3.63) is 35.8 Å². The van der Waals surface area contributed by atoms with E-state index in [1.807, 2.05) is 19.3 Å². The molecule has 0 saturated carbocycles. The van der Waals surface area contributed by atoms with Gasteiger partial charge in [0.15, 0.2) is 5.69 Å². The lowest BCUT2D eigenvalue weighted by Crippen LogP contribution is -2.09. The van der Waals surface area contributed by atoms with E-state index in [-0.39, 0.29) is 5.69 Å². The van der Waals surface area contributed by atoms with Crippen molar-refractivity contribution >= 4 is 11.8 Å². The van der Waals surface area contributed by atoms with Gasteiger partial charge in [-0.3, -0.25) is 4.68 Å². The van der Waals surface area contributed by atoms with Crippen LogP contribution in [-0.4, -0.2) is 37.6 Å². The van der Waals surface area contributed by atoms with Crippen molar-refractivity contribution < 1.29 is 9.90 Å². The molecule has 2 rings (SSSR count). The Bertz CT molecular complexity index is 535. The van der Waals surface area contributed by atoms with E-state index in [0.29, 0.717) is 12.4 Å². The average molecular weight is 247 g/mol. The van der Waals surface area contributed by atoms with Gasteiger partial charge in [0, 0.05) is 26.2 Å². The van der Waals surface area contributed by atoms with E-state index >= 15 is 0 Å². The van der Waals surface area contributed by atoms with E-state index in [1.165, 1.54) is 6.07 Å². The fraction of sp³-hybridized carbons (Fsp3) is 0.273. The van der Waals surface area contributed by atoms with E-state index in [1.54, 1.807) is 10.7 Å². The quantitative estimate of drug-likeness (QED) is 0.802. The Balaban J connectivity index is 1.85. The van der Waals surface area contributed by atoms with Crippen molar-refractivity contribution in [2.24, 2.45) is 7.05 Å². The molecule has 0 bridgehead atoms. The maximum Gasteiger partial charge on any atom is 0.356 e. The van der Waals surface area contributed by atoms with Gasteiger partial charge < -0.3 is 10.4 Å². The first-order valence-corrected chi connectivity index (χ1v) is 5.44. The Morgan fingerprint density at radius 2 is 2.22 bits per heavy atom. The Hall–Kier alpha value is -2.44. The highest BCUT2D eigenvalue weighted by Gasteiger charge is 2.04. The number of aryl methyl sites for hydroxylation is 1. The van der Waals surface area contributed by atoms with Crippen LogP contribution in [0.3, 0.4) is 0 Å². The number of rotatable bonds is 5. The lowest BCUT2D eigenvalue weighted by atomic mass is 10.3. The maximum absolute atomic E-state index is 10.6. The second kappa shape index (κ2) is 5.26. The zero-order valence-electron chi connectivity index (χ0n) is 9.87. The summed E-state index contributed by atoms with van der Waals surface area (Å²) in [5.74, 6) is -0.529. The predicted molar refractivity (Wildman–Crippen MR) is 64.4 cm³/mol. The van der Waals surface area contributed by atoms with Crippen LogP contribution in [0.2, 0.25) is 0 Å². The third kappa shape index (κ3) is 3.03. The number of hydrogen-bond donors (Lipinski definition) is 2. The third-order valence-electron chi connectivity index (χ3n) is 2.34. The normalized spacial score (nSPS) is 10.3. The van der Waals surface area contributed by atoms with Crippen molar-refractivity contribution in [1.82, 2.24) is 20.0 Å². The van der Waals surface area contributed by atoms with Crippen molar-refractivity contribution in [2.75, 3.05) is 11.9 Å². The van der Waals surface area contributed by atoms with Gasteiger partial charge in [0.2, 0.25) is 0 Å². The second-order valence-corrected chi connectivity index (χ2v) is 3.77. The van der Waals surface area contributed by atoms with E-state index < -0.39 is 5.97 Å². The number of anilines is 1. The topological polar surface area (TPSA) is 92.9 Å². The van der Waals surface area contributed by atoms with Gasteiger partial charge >= 0.3 is 5.97 Å². The fourth-order valence-corrected chi connectivity index (χ4v) is 1.46. The van der Waals surface area contributed by atoms with Crippen LogP contribution >= 0.6 is 0 Å². The molecule has 7 heteroatoms. The molecule has 0 atom stereocenters. The molecule has 2 aromatic rings. The largest absolute Gasteiger partial charge is 0.476 e. The van der Waals surface area contributed by atoms with E-state index in [4.69, 9.17) is 5.11 Å². The molecule has 2 heterocycles. The molecule has 94 valence electrons. The van der Waals surface area contributed by atoms with Crippen LogP contribution in [0.1, 0.15) is 16.2 Å². The number of nitrogens with zero attached hydrogens (tertiary/aromatic N) is 4. The van der Waals surface area contributed by atoms with E-state index in [9.17, 15) is 4.79 Å². The number of carboxylic acid groups (broad SMARTS) is 1. The molecule has 0 radical (unpaired) electrons. The first kappa shape index (κ1) is 12.0. The molecule has 0 spiro atoms. The Morgan fingerprint density at radius 3 is 2.78 bits per heavy atom. The molecule has 0 amide bonds. The SMILES string of the molecule is Cn1ccc(CCNc2ccc(C(=O)O)nn2)n1. The van der Waals surface area contributed by atoms with Crippen LogP contribution in [-0.2, 0) is 13.5 Å². The van der Waals surface area contributed by atoms with Crippen LogP contribution in [0, 0.1) is 0 Å². The van der Waals surface area contributed by atoms with Gasteiger partial charge in [0.1, 0.15) is 5.82 Å². The van der Waals surface area contributed by atoms with Gasteiger partial charge in [0.05, 0.1) is 5.69 Å². The number of nitrogens with one attached hydrogen (secondary N) is 1. The van der Waals surface area contributed by atoms with E-state index in [2.05, 4.69) is 20.6 Å². The highest BCUT2D eigenvalue weighted by molar-refractivity contribution is 5.85. The first-order chi connectivity index (χ1) is 8.65. The van der Waals surface area contributed by atoms with Crippen LogP contribution in [0.15, 0.2) is 24.4 Å². The molecule has 2 aromatic heterocycles. The molecule has 0 unspecified atom stereocenters. The van der Waals surface area contributed by atoms with Gasteiger partial charge in [-0.15, -0.1) is 10.2 Å². The average Bonchev–Trinajstić information content (AvgIpc) is 2.76. The molecule has 2 N–H and O–H groups in total. The Labute approximate surface area is 103 Å². The highest BCUT2D eigenvalue weighted by atomic mass is 16.4. The molecule has 0 aliphatic rings. The Morgan fingerprint density at radius 1 is 1.39 bits per heavy atom. The number of carbonyl (C=O) groups is 1. The molecule has 0 fully saturated rings. The second-order valence-electron chi connectivity index (χ2n) is 3.77. The summed E-state index contributed by atoms with van der Waals surface area (Å²) in [6.45, 7) is 0.665. The first-order valence-electron chi connectivity index (χ1n) is 5.44. The molecule has 0 aromatic carbocycles. The van der Waals surface area contributed by atoms with Crippen molar-refractivity contribution in [3.8, 4) is 0 Å².